The fourth-order valence-electron chi connectivity index (χ4n) is 6.19. The van der Waals surface area contributed by atoms with Gasteiger partial charge in [-0.1, -0.05) is 18.9 Å². The number of hydrogen-bond donors (Lipinski definition) is 2. The van der Waals surface area contributed by atoms with Gasteiger partial charge in [-0.3, -0.25) is 19.1 Å². The number of aryl methyl sites for hydroxylation is 1. The Bertz CT molecular complexity index is 1390. The van der Waals surface area contributed by atoms with Gasteiger partial charge in [0.25, 0.3) is 5.56 Å². The minimum atomic E-state index is -0.238. The van der Waals surface area contributed by atoms with Gasteiger partial charge in [0.1, 0.15) is 11.5 Å². The average Bonchev–Trinajstić information content (AvgIpc) is 3.58. The summed E-state index contributed by atoms with van der Waals surface area (Å²) < 4.78 is 1.74. The molecule has 188 valence electrons. The van der Waals surface area contributed by atoms with Crippen molar-refractivity contribution in [1.82, 2.24) is 29.7 Å². The predicted octanol–water partition coefficient (Wildman–Crippen LogP) is 3.28. The summed E-state index contributed by atoms with van der Waals surface area (Å²) in [5, 5.41) is 7.49. The monoisotopic (exact) mass is 487 g/mol. The molecule has 3 aromatic rings. The first kappa shape index (κ1) is 23.2. The maximum Gasteiger partial charge on any atom is 0.263 e. The van der Waals surface area contributed by atoms with E-state index in [1.807, 2.05) is 13.0 Å². The van der Waals surface area contributed by atoms with Gasteiger partial charge < -0.3 is 10.6 Å². The first-order valence-electron chi connectivity index (χ1n) is 13.1. The highest BCUT2D eigenvalue weighted by Gasteiger charge is 2.28. The third-order valence-electron chi connectivity index (χ3n) is 8.13. The number of anilines is 2. The van der Waals surface area contributed by atoms with Gasteiger partial charge in [0.2, 0.25) is 5.95 Å². The molecule has 0 aromatic carbocycles. The van der Waals surface area contributed by atoms with Crippen LogP contribution in [0.5, 0.6) is 0 Å². The number of nitrogens with one attached hydrogen (secondary N) is 2. The maximum absolute atomic E-state index is 13.4. The van der Waals surface area contributed by atoms with Crippen LogP contribution in [0.15, 0.2) is 23.1 Å². The van der Waals surface area contributed by atoms with E-state index in [0.717, 1.165) is 69.4 Å². The van der Waals surface area contributed by atoms with E-state index < -0.39 is 0 Å². The lowest BCUT2D eigenvalue weighted by molar-refractivity contribution is 0.101. The molecule has 3 aliphatic rings. The second kappa shape index (κ2) is 9.37. The van der Waals surface area contributed by atoms with Crippen molar-refractivity contribution in [2.75, 3.05) is 25.0 Å². The second-order valence-electron chi connectivity index (χ2n) is 10.4. The Morgan fingerprint density at radius 3 is 2.72 bits per heavy atom. The standard InChI is InChI=1S/C27H33N7O2/c1-16-21-14-29-27(32-25(21)34(19-5-3-4-6-19)26(36)24(16)17(2)35)31-23-8-7-18-10-12-33(15-22(18)30-23)20-9-11-28-13-20/h7-8,14,19-20,28H,3-6,9-13,15H2,1-2H3,(H,29,30,31,32). The third kappa shape index (κ3) is 4.10. The molecule has 9 nitrogen and oxygen atoms in total. The molecule has 6 rings (SSSR count). The zero-order chi connectivity index (χ0) is 24.8. The molecular formula is C27H33N7O2. The molecule has 1 atom stereocenters. The van der Waals surface area contributed by atoms with Crippen molar-refractivity contribution >= 4 is 28.6 Å². The largest absolute Gasteiger partial charge is 0.315 e. The fourth-order valence-corrected chi connectivity index (χ4v) is 6.19. The molecule has 9 heteroatoms. The van der Waals surface area contributed by atoms with E-state index >= 15 is 0 Å². The van der Waals surface area contributed by atoms with Crippen LogP contribution in [0.2, 0.25) is 0 Å². The van der Waals surface area contributed by atoms with Gasteiger partial charge in [-0.05, 0) is 63.3 Å². The minimum absolute atomic E-state index is 0.0550. The van der Waals surface area contributed by atoms with Crippen LogP contribution in [0.1, 0.15) is 72.2 Å². The lowest BCUT2D eigenvalue weighted by Gasteiger charge is -2.32. The number of carbonyl (C=O) groups excluding carboxylic acids is 1. The second-order valence-corrected chi connectivity index (χ2v) is 10.4. The zero-order valence-electron chi connectivity index (χ0n) is 21.0. The Labute approximate surface area is 210 Å². The lowest BCUT2D eigenvalue weighted by Crippen LogP contribution is -2.40. The number of fused-ring (bicyclic) bond motifs is 2. The molecule has 5 heterocycles. The van der Waals surface area contributed by atoms with Crippen molar-refractivity contribution in [3.63, 3.8) is 0 Å². The summed E-state index contributed by atoms with van der Waals surface area (Å²) >= 11 is 0. The van der Waals surface area contributed by atoms with E-state index in [-0.39, 0.29) is 22.9 Å². The molecular weight excluding hydrogens is 454 g/mol. The summed E-state index contributed by atoms with van der Waals surface area (Å²) in [6, 6.07) is 4.76. The number of hydrogen-bond acceptors (Lipinski definition) is 8. The average molecular weight is 488 g/mol. The Hall–Kier alpha value is -3.17. The molecule has 1 aliphatic carbocycles. The van der Waals surface area contributed by atoms with Gasteiger partial charge in [0.15, 0.2) is 5.78 Å². The molecule has 0 bridgehead atoms. The van der Waals surface area contributed by atoms with E-state index in [2.05, 4.69) is 26.6 Å². The Balaban J connectivity index is 1.35. The van der Waals surface area contributed by atoms with Crippen LogP contribution in [0.3, 0.4) is 0 Å². The quantitative estimate of drug-likeness (QED) is 0.529. The molecule has 0 radical (unpaired) electrons. The van der Waals surface area contributed by atoms with Gasteiger partial charge in [-0.25, -0.2) is 9.97 Å². The molecule has 3 aromatic heterocycles. The molecule has 1 saturated carbocycles. The van der Waals surface area contributed by atoms with Crippen molar-refractivity contribution in [1.29, 1.82) is 0 Å². The van der Waals surface area contributed by atoms with E-state index in [1.54, 1.807) is 10.8 Å². The molecule has 2 fully saturated rings. The molecule has 1 unspecified atom stereocenters. The first-order valence-corrected chi connectivity index (χ1v) is 13.1. The molecule has 36 heavy (non-hydrogen) atoms. The van der Waals surface area contributed by atoms with Crippen LogP contribution < -0.4 is 16.2 Å². The van der Waals surface area contributed by atoms with Gasteiger partial charge in [0, 0.05) is 43.3 Å². The summed E-state index contributed by atoms with van der Waals surface area (Å²) in [7, 11) is 0. The van der Waals surface area contributed by atoms with E-state index in [0.29, 0.717) is 29.0 Å². The molecule has 2 aliphatic heterocycles. The summed E-state index contributed by atoms with van der Waals surface area (Å²) in [5.74, 6) is 0.893. The summed E-state index contributed by atoms with van der Waals surface area (Å²) in [6.07, 6.45) is 7.91. The fraction of sp³-hybridized carbons (Fsp3) is 0.519. The number of ketones is 1. The van der Waals surface area contributed by atoms with Crippen molar-refractivity contribution in [2.45, 2.75) is 71.0 Å². The number of aromatic nitrogens is 4. The van der Waals surface area contributed by atoms with Crippen LogP contribution in [0.25, 0.3) is 11.0 Å². The molecule has 2 N–H and O–H groups in total. The van der Waals surface area contributed by atoms with Crippen molar-refractivity contribution in [3.8, 4) is 0 Å². The predicted molar refractivity (Wildman–Crippen MR) is 139 cm³/mol. The Morgan fingerprint density at radius 1 is 1.14 bits per heavy atom. The lowest BCUT2D eigenvalue weighted by atomic mass is 10.0. The zero-order valence-corrected chi connectivity index (χ0v) is 21.0. The summed E-state index contributed by atoms with van der Waals surface area (Å²) in [5.41, 5.74) is 3.64. The molecule has 0 spiro atoms. The SMILES string of the molecule is CC(=O)c1c(C)c2cnc(Nc3ccc4c(n3)CN(C3CCNC3)CC4)nc2n(C2CCCC2)c1=O. The first-order chi connectivity index (χ1) is 17.5. The Kier molecular flexibility index (Phi) is 6.05. The van der Waals surface area contributed by atoms with Crippen LogP contribution >= 0.6 is 0 Å². The van der Waals surface area contributed by atoms with E-state index in [4.69, 9.17) is 9.97 Å². The van der Waals surface area contributed by atoms with Crippen molar-refractivity contribution < 1.29 is 4.79 Å². The van der Waals surface area contributed by atoms with Crippen LogP contribution in [-0.2, 0) is 13.0 Å². The van der Waals surface area contributed by atoms with E-state index in [9.17, 15) is 9.59 Å². The number of nitrogens with zero attached hydrogens (tertiary/aromatic N) is 5. The number of Topliss-reactive ketones (excluding diaryl/α,β-unsaturated/α-hetero) is 1. The van der Waals surface area contributed by atoms with Crippen LogP contribution in [0.4, 0.5) is 11.8 Å². The Morgan fingerprint density at radius 2 is 1.97 bits per heavy atom. The smallest absolute Gasteiger partial charge is 0.263 e. The highest BCUT2D eigenvalue weighted by atomic mass is 16.1. The summed E-state index contributed by atoms with van der Waals surface area (Å²) in [4.78, 5) is 42.6. The number of carbonyl (C=O) groups is 1. The topological polar surface area (TPSA) is 105 Å². The normalized spacial score (nSPS) is 20.7. The van der Waals surface area contributed by atoms with Gasteiger partial charge in [-0.15, -0.1) is 0 Å². The van der Waals surface area contributed by atoms with Gasteiger partial charge >= 0.3 is 0 Å². The van der Waals surface area contributed by atoms with Crippen LogP contribution in [0, 0.1) is 6.92 Å². The third-order valence-corrected chi connectivity index (χ3v) is 8.13. The van der Waals surface area contributed by atoms with E-state index in [1.165, 1.54) is 18.9 Å². The van der Waals surface area contributed by atoms with Gasteiger partial charge in [0.05, 0.1) is 11.3 Å². The number of rotatable bonds is 5. The molecule has 0 amide bonds. The highest BCUT2D eigenvalue weighted by Crippen LogP contribution is 2.32. The van der Waals surface area contributed by atoms with Crippen molar-refractivity contribution in [2.24, 2.45) is 0 Å². The summed E-state index contributed by atoms with van der Waals surface area (Å²) in [6.45, 7) is 7.32. The van der Waals surface area contributed by atoms with Gasteiger partial charge in [-0.2, -0.15) is 4.98 Å². The highest BCUT2D eigenvalue weighted by molar-refractivity contribution is 5.99. The molecule has 1 saturated heterocycles. The van der Waals surface area contributed by atoms with Crippen molar-refractivity contribution in [3.05, 3.63) is 51.1 Å². The number of pyridine rings is 2. The minimum Gasteiger partial charge on any atom is -0.315 e. The van der Waals surface area contributed by atoms with Crippen LogP contribution in [-0.4, -0.2) is 55.9 Å². The maximum atomic E-state index is 13.4.